The Kier molecular flexibility index (Phi) is 2.86. The van der Waals surface area contributed by atoms with Crippen molar-refractivity contribution >= 4 is 28.4 Å². The second-order valence-electron chi connectivity index (χ2n) is 4.73. The molecule has 0 saturated carbocycles. The van der Waals surface area contributed by atoms with Crippen LogP contribution in [0, 0.1) is 0 Å². The molecule has 21 heavy (non-hydrogen) atoms. The van der Waals surface area contributed by atoms with Crippen LogP contribution in [0.5, 0.6) is 0 Å². The summed E-state index contributed by atoms with van der Waals surface area (Å²) in [7, 11) is 0. The molecule has 0 atom stereocenters. The molecular formula is C16H11N3OS. The second-order valence-corrected chi connectivity index (χ2v) is 5.67. The Balaban J connectivity index is 1.95. The molecule has 1 aliphatic rings. The quantitative estimate of drug-likeness (QED) is 0.648. The number of para-hydroxylation sites is 1. The van der Waals surface area contributed by atoms with Gasteiger partial charge in [-0.1, -0.05) is 54.2 Å². The summed E-state index contributed by atoms with van der Waals surface area (Å²) < 4.78 is 1.42. The summed E-state index contributed by atoms with van der Waals surface area (Å²) in [6.07, 6.45) is 0. The van der Waals surface area contributed by atoms with Gasteiger partial charge in [0, 0.05) is 5.75 Å². The summed E-state index contributed by atoms with van der Waals surface area (Å²) >= 11 is 1.54. The van der Waals surface area contributed by atoms with Crippen LogP contribution in [-0.4, -0.2) is 21.1 Å². The molecule has 4 nitrogen and oxygen atoms in total. The summed E-state index contributed by atoms with van der Waals surface area (Å²) in [4.78, 5) is 17.1. The van der Waals surface area contributed by atoms with Crippen molar-refractivity contribution in [3.8, 4) is 0 Å². The van der Waals surface area contributed by atoms with Crippen molar-refractivity contribution < 1.29 is 0 Å². The Morgan fingerprint density at radius 3 is 2.62 bits per heavy atom. The molecule has 102 valence electrons. The van der Waals surface area contributed by atoms with Gasteiger partial charge in [-0.2, -0.15) is 9.78 Å². The maximum absolute atomic E-state index is 12.6. The predicted octanol–water partition coefficient (Wildman–Crippen LogP) is 2.75. The average molecular weight is 293 g/mol. The topological polar surface area (TPSA) is 47.2 Å². The van der Waals surface area contributed by atoms with Gasteiger partial charge in [0.05, 0.1) is 16.6 Å². The van der Waals surface area contributed by atoms with Gasteiger partial charge >= 0.3 is 0 Å². The first kappa shape index (κ1) is 12.3. The van der Waals surface area contributed by atoms with Crippen molar-refractivity contribution in [2.24, 2.45) is 5.10 Å². The number of benzene rings is 2. The predicted molar refractivity (Wildman–Crippen MR) is 85.1 cm³/mol. The minimum atomic E-state index is -0.115. The van der Waals surface area contributed by atoms with Crippen LogP contribution in [0.4, 0.5) is 0 Å². The first-order valence-electron chi connectivity index (χ1n) is 6.61. The van der Waals surface area contributed by atoms with E-state index in [0.717, 1.165) is 22.5 Å². The maximum atomic E-state index is 12.6. The molecule has 2 heterocycles. The van der Waals surface area contributed by atoms with E-state index in [1.165, 1.54) is 4.68 Å². The number of hydrogen-bond donors (Lipinski definition) is 0. The molecule has 4 rings (SSSR count). The van der Waals surface area contributed by atoms with E-state index in [-0.39, 0.29) is 5.56 Å². The van der Waals surface area contributed by atoms with E-state index in [4.69, 9.17) is 0 Å². The van der Waals surface area contributed by atoms with E-state index in [9.17, 15) is 4.79 Å². The standard InChI is InChI=1S/C16H11N3OS/c20-15-12-8-4-5-9-13(12)17-16-19(15)18-14(10-21-16)11-6-2-1-3-7-11/h1-9H,10H2. The highest BCUT2D eigenvalue weighted by Crippen LogP contribution is 2.23. The van der Waals surface area contributed by atoms with Gasteiger partial charge in [-0.3, -0.25) is 4.79 Å². The van der Waals surface area contributed by atoms with Gasteiger partial charge in [0.25, 0.3) is 5.56 Å². The summed E-state index contributed by atoms with van der Waals surface area (Å²) in [5, 5.41) is 5.75. The molecule has 0 spiro atoms. The van der Waals surface area contributed by atoms with Gasteiger partial charge in [0.1, 0.15) is 0 Å². The number of fused-ring (bicyclic) bond motifs is 2. The van der Waals surface area contributed by atoms with Crippen LogP contribution in [0.25, 0.3) is 10.9 Å². The second kappa shape index (κ2) is 4.86. The third-order valence-corrected chi connectivity index (χ3v) is 4.33. The highest BCUT2D eigenvalue weighted by atomic mass is 32.2. The van der Waals surface area contributed by atoms with Crippen molar-refractivity contribution in [1.82, 2.24) is 9.66 Å². The molecule has 2 aromatic carbocycles. The highest BCUT2D eigenvalue weighted by Gasteiger charge is 2.18. The highest BCUT2D eigenvalue weighted by molar-refractivity contribution is 7.99. The first-order chi connectivity index (χ1) is 10.3. The van der Waals surface area contributed by atoms with Gasteiger partial charge < -0.3 is 0 Å². The lowest BCUT2D eigenvalue weighted by molar-refractivity contribution is 0.699. The van der Waals surface area contributed by atoms with Crippen molar-refractivity contribution in [3.63, 3.8) is 0 Å². The molecule has 0 amide bonds. The molecule has 0 radical (unpaired) electrons. The van der Waals surface area contributed by atoms with Gasteiger partial charge in [0.15, 0.2) is 5.16 Å². The Morgan fingerprint density at radius 2 is 1.76 bits per heavy atom. The number of hydrogen-bond acceptors (Lipinski definition) is 4. The molecule has 1 aliphatic heterocycles. The van der Waals surface area contributed by atoms with Crippen molar-refractivity contribution in [2.45, 2.75) is 5.16 Å². The maximum Gasteiger partial charge on any atom is 0.282 e. The van der Waals surface area contributed by atoms with E-state index in [2.05, 4.69) is 10.1 Å². The number of thioether (sulfide) groups is 1. The fraction of sp³-hybridized carbons (Fsp3) is 0.0625. The number of rotatable bonds is 1. The van der Waals surface area contributed by atoms with Crippen LogP contribution in [0.15, 0.2) is 69.6 Å². The molecule has 0 bridgehead atoms. The van der Waals surface area contributed by atoms with Gasteiger partial charge in [-0.15, -0.1) is 0 Å². The number of nitrogens with zero attached hydrogens (tertiary/aromatic N) is 3. The minimum absolute atomic E-state index is 0.115. The summed E-state index contributed by atoms with van der Waals surface area (Å²) in [6.45, 7) is 0. The largest absolute Gasteiger partial charge is 0.282 e. The smallest absolute Gasteiger partial charge is 0.267 e. The van der Waals surface area contributed by atoms with E-state index >= 15 is 0 Å². The minimum Gasteiger partial charge on any atom is -0.267 e. The fourth-order valence-electron chi connectivity index (χ4n) is 2.34. The summed E-state index contributed by atoms with van der Waals surface area (Å²) in [5.74, 6) is 0.717. The molecule has 0 saturated heterocycles. The van der Waals surface area contributed by atoms with Crippen LogP contribution in [0.1, 0.15) is 5.56 Å². The van der Waals surface area contributed by atoms with Crippen LogP contribution in [-0.2, 0) is 0 Å². The molecule has 0 unspecified atom stereocenters. The fourth-order valence-corrected chi connectivity index (χ4v) is 3.24. The summed E-state index contributed by atoms with van der Waals surface area (Å²) in [5.41, 5.74) is 2.54. The Labute approximate surface area is 125 Å². The van der Waals surface area contributed by atoms with Crippen LogP contribution < -0.4 is 5.56 Å². The third-order valence-electron chi connectivity index (χ3n) is 3.39. The zero-order valence-electron chi connectivity index (χ0n) is 11.1. The zero-order chi connectivity index (χ0) is 14.2. The molecule has 0 N–H and O–H groups in total. The Morgan fingerprint density at radius 1 is 1.00 bits per heavy atom. The van der Waals surface area contributed by atoms with Crippen LogP contribution in [0.3, 0.4) is 0 Å². The van der Waals surface area contributed by atoms with E-state index < -0.39 is 0 Å². The number of aromatic nitrogens is 2. The van der Waals surface area contributed by atoms with E-state index in [1.807, 2.05) is 48.5 Å². The van der Waals surface area contributed by atoms with E-state index in [1.54, 1.807) is 17.8 Å². The third kappa shape index (κ3) is 2.06. The van der Waals surface area contributed by atoms with Crippen LogP contribution >= 0.6 is 11.8 Å². The molecule has 5 heteroatoms. The summed E-state index contributed by atoms with van der Waals surface area (Å²) in [6, 6.07) is 17.3. The van der Waals surface area contributed by atoms with Crippen molar-refractivity contribution in [3.05, 3.63) is 70.5 Å². The monoisotopic (exact) mass is 293 g/mol. The van der Waals surface area contributed by atoms with Crippen molar-refractivity contribution in [2.75, 3.05) is 5.75 Å². The van der Waals surface area contributed by atoms with Gasteiger partial charge in [-0.25, -0.2) is 4.98 Å². The first-order valence-corrected chi connectivity index (χ1v) is 7.59. The molecule has 3 aromatic rings. The molecule has 0 fully saturated rings. The zero-order valence-corrected chi connectivity index (χ0v) is 11.9. The Bertz CT molecular complexity index is 916. The van der Waals surface area contributed by atoms with Crippen molar-refractivity contribution in [1.29, 1.82) is 0 Å². The lowest BCUT2D eigenvalue weighted by atomic mass is 10.1. The SMILES string of the molecule is O=c1c2ccccc2nc2n1N=C(c1ccccc1)CS2. The van der Waals surface area contributed by atoms with Gasteiger partial charge in [-0.05, 0) is 17.7 Å². The lowest BCUT2D eigenvalue weighted by Gasteiger charge is -2.16. The lowest BCUT2D eigenvalue weighted by Crippen LogP contribution is -2.25. The molecular weight excluding hydrogens is 282 g/mol. The molecule has 0 aliphatic carbocycles. The van der Waals surface area contributed by atoms with Gasteiger partial charge in [0.2, 0.25) is 0 Å². The normalized spacial score (nSPS) is 13.8. The Hall–Kier alpha value is -2.40. The average Bonchev–Trinajstić information content (AvgIpc) is 2.56. The van der Waals surface area contributed by atoms with Crippen LogP contribution in [0.2, 0.25) is 0 Å². The molecule has 1 aromatic heterocycles. The van der Waals surface area contributed by atoms with E-state index in [0.29, 0.717) is 10.5 Å².